The van der Waals surface area contributed by atoms with Crippen molar-refractivity contribution >= 4 is 22.6 Å². The van der Waals surface area contributed by atoms with Gasteiger partial charge in [0, 0.05) is 6.07 Å². The SMILES string of the molecule is COc1cc(O)c(F)cc1I. The molecule has 0 aliphatic rings. The Morgan fingerprint density at radius 1 is 1.55 bits per heavy atom. The van der Waals surface area contributed by atoms with E-state index in [1.54, 1.807) is 0 Å². The van der Waals surface area contributed by atoms with E-state index in [0.717, 1.165) is 0 Å². The minimum atomic E-state index is -0.629. The quantitative estimate of drug-likeness (QED) is 0.791. The highest BCUT2D eigenvalue weighted by molar-refractivity contribution is 14.1. The molecule has 0 bridgehead atoms. The van der Waals surface area contributed by atoms with E-state index >= 15 is 0 Å². The van der Waals surface area contributed by atoms with Crippen molar-refractivity contribution in [1.82, 2.24) is 0 Å². The van der Waals surface area contributed by atoms with E-state index in [-0.39, 0.29) is 5.75 Å². The van der Waals surface area contributed by atoms with Gasteiger partial charge in [-0.25, -0.2) is 4.39 Å². The summed E-state index contributed by atoms with van der Waals surface area (Å²) in [5.41, 5.74) is 0. The highest BCUT2D eigenvalue weighted by Gasteiger charge is 2.06. The van der Waals surface area contributed by atoms with Gasteiger partial charge >= 0.3 is 0 Å². The van der Waals surface area contributed by atoms with Gasteiger partial charge in [0.1, 0.15) is 5.75 Å². The molecule has 11 heavy (non-hydrogen) atoms. The molecule has 0 unspecified atom stereocenters. The summed E-state index contributed by atoms with van der Waals surface area (Å²) in [6.07, 6.45) is 0. The zero-order valence-corrected chi connectivity index (χ0v) is 7.92. The Hall–Kier alpha value is -0.520. The van der Waals surface area contributed by atoms with Gasteiger partial charge in [0.2, 0.25) is 0 Å². The van der Waals surface area contributed by atoms with Crippen LogP contribution in [-0.2, 0) is 0 Å². The van der Waals surface area contributed by atoms with Crippen LogP contribution in [0.4, 0.5) is 4.39 Å². The smallest absolute Gasteiger partial charge is 0.166 e. The second-order valence-corrected chi connectivity index (χ2v) is 3.10. The third-order valence-corrected chi connectivity index (χ3v) is 2.06. The van der Waals surface area contributed by atoms with Crippen LogP contribution >= 0.6 is 22.6 Å². The van der Waals surface area contributed by atoms with Gasteiger partial charge in [0.05, 0.1) is 10.7 Å². The van der Waals surface area contributed by atoms with Crippen LogP contribution in [0.3, 0.4) is 0 Å². The van der Waals surface area contributed by atoms with Crippen LogP contribution in [0.25, 0.3) is 0 Å². The first-order valence-electron chi connectivity index (χ1n) is 2.87. The van der Waals surface area contributed by atoms with Crippen LogP contribution in [0.15, 0.2) is 12.1 Å². The number of methoxy groups -OCH3 is 1. The predicted octanol–water partition coefficient (Wildman–Crippen LogP) is 2.14. The van der Waals surface area contributed by atoms with E-state index in [1.807, 2.05) is 22.6 Å². The minimum Gasteiger partial charge on any atom is -0.505 e. The van der Waals surface area contributed by atoms with E-state index in [4.69, 9.17) is 9.84 Å². The molecule has 1 aromatic rings. The third-order valence-electron chi connectivity index (χ3n) is 1.22. The number of phenols is 1. The first-order valence-corrected chi connectivity index (χ1v) is 3.95. The predicted molar refractivity (Wildman–Crippen MR) is 47.3 cm³/mol. The van der Waals surface area contributed by atoms with Crippen molar-refractivity contribution < 1.29 is 14.2 Å². The number of halogens is 2. The van der Waals surface area contributed by atoms with E-state index in [1.165, 1.54) is 19.2 Å². The standard InChI is InChI=1S/C7H6FIO2/c1-11-7-3-6(10)4(8)2-5(7)9/h2-3,10H,1H3. The highest BCUT2D eigenvalue weighted by atomic mass is 127. The topological polar surface area (TPSA) is 29.5 Å². The maximum Gasteiger partial charge on any atom is 0.166 e. The molecule has 60 valence electrons. The maximum absolute atomic E-state index is 12.6. The van der Waals surface area contributed by atoms with Gasteiger partial charge in [0.25, 0.3) is 0 Å². The maximum atomic E-state index is 12.6. The summed E-state index contributed by atoms with van der Waals surface area (Å²) in [7, 11) is 1.47. The lowest BCUT2D eigenvalue weighted by atomic mass is 10.3. The normalized spacial score (nSPS) is 9.73. The molecule has 0 saturated carbocycles. The number of aromatic hydroxyl groups is 1. The summed E-state index contributed by atoms with van der Waals surface area (Å²) in [5, 5.41) is 8.90. The summed E-state index contributed by atoms with van der Waals surface area (Å²) in [4.78, 5) is 0. The summed E-state index contributed by atoms with van der Waals surface area (Å²) >= 11 is 1.93. The number of phenolic OH excluding ortho intramolecular Hbond substituents is 1. The van der Waals surface area contributed by atoms with Crippen LogP contribution < -0.4 is 4.74 Å². The Kier molecular flexibility index (Phi) is 2.53. The lowest BCUT2D eigenvalue weighted by Crippen LogP contribution is -1.88. The van der Waals surface area contributed by atoms with Crippen molar-refractivity contribution in [2.75, 3.05) is 7.11 Å². The lowest BCUT2D eigenvalue weighted by molar-refractivity contribution is 0.394. The Bertz CT molecular complexity index is 275. The Labute approximate surface area is 77.1 Å². The number of rotatable bonds is 1. The number of ether oxygens (including phenoxy) is 1. The zero-order valence-electron chi connectivity index (χ0n) is 5.77. The average Bonchev–Trinajstić information content (AvgIpc) is 1.97. The van der Waals surface area contributed by atoms with E-state index in [9.17, 15) is 4.39 Å². The van der Waals surface area contributed by atoms with Gasteiger partial charge in [-0.15, -0.1) is 0 Å². The number of hydrogen-bond donors (Lipinski definition) is 1. The van der Waals surface area contributed by atoms with Crippen LogP contribution in [0, 0.1) is 9.39 Å². The summed E-state index contributed by atoms with van der Waals surface area (Å²) in [6.45, 7) is 0. The van der Waals surface area contributed by atoms with Crippen LogP contribution in [0.1, 0.15) is 0 Å². The van der Waals surface area contributed by atoms with Crippen molar-refractivity contribution in [2.45, 2.75) is 0 Å². The van der Waals surface area contributed by atoms with Gasteiger partial charge in [-0.2, -0.15) is 0 Å². The molecule has 0 aliphatic heterocycles. The van der Waals surface area contributed by atoms with Gasteiger partial charge in [-0.1, -0.05) is 0 Å². The molecular formula is C7H6FIO2. The fourth-order valence-electron chi connectivity index (χ4n) is 0.675. The molecule has 0 aromatic heterocycles. The Morgan fingerprint density at radius 3 is 2.73 bits per heavy atom. The van der Waals surface area contributed by atoms with Gasteiger partial charge in [-0.3, -0.25) is 0 Å². The van der Waals surface area contributed by atoms with Gasteiger partial charge in [0.15, 0.2) is 11.6 Å². The molecule has 0 radical (unpaired) electrons. The summed E-state index contributed by atoms with van der Waals surface area (Å²) in [6, 6.07) is 2.46. The third kappa shape index (κ3) is 1.74. The summed E-state index contributed by atoms with van der Waals surface area (Å²) in [5.74, 6) is -0.540. The molecule has 0 amide bonds. The second-order valence-electron chi connectivity index (χ2n) is 1.94. The van der Waals surface area contributed by atoms with Crippen molar-refractivity contribution in [3.63, 3.8) is 0 Å². The molecule has 1 aromatic carbocycles. The molecular weight excluding hydrogens is 262 g/mol. The van der Waals surface area contributed by atoms with E-state index in [2.05, 4.69) is 0 Å². The number of benzene rings is 1. The van der Waals surface area contributed by atoms with Crippen molar-refractivity contribution in [3.8, 4) is 11.5 Å². The molecule has 0 heterocycles. The zero-order chi connectivity index (χ0) is 8.43. The minimum absolute atomic E-state index is 0.387. The molecule has 0 spiro atoms. The molecule has 1 rings (SSSR count). The molecule has 2 nitrogen and oxygen atoms in total. The Balaban J connectivity index is 3.21. The molecule has 0 saturated heterocycles. The van der Waals surface area contributed by atoms with Crippen LogP contribution in [0.5, 0.6) is 11.5 Å². The highest BCUT2D eigenvalue weighted by Crippen LogP contribution is 2.27. The van der Waals surface area contributed by atoms with E-state index in [0.29, 0.717) is 9.32 Å². The molecule has 0 atom stereocenters. The van der Waals surface area contributed by atoms with E-state index < -0.39 is 5.82 Å². The molecule has 1 N–H and O–H groups in total. The van der Waals surface area contributed by atoms with Gasteiger partial charge < -0.3 is 9.84 Å². The molecule has 0 fully saturated rings. The van der Waals surface area contributed by atoms with Crippen molar-refractivity contribution in [1.29, 1.82) is 0 Å². The first-order chi connectivity index (χ1) is 5.15. The van der Waals surface area contributed by atoms with Crippen molar-refractivity contribution in [3.05, 3.63) is 21.5 Å². The molecule has 0 aliphatic carbocycles. The number of hydrogen-bond acceptors (Lipinski definition) is 2. The lowest BCUT2D eigenvalue weighted by Gasteiger charge is -2.03. The van der Waals surface area contributed by atoms with Crippen LogP contribution in [-0.4, -0.2) is 12.2 Å². The molecule has 4 heteroatoms. The van der Waals surface area contributed by atoms with Crippen LogP contribution in [0.2, 0.25) is 0 Å². The Morgan fingerprint density at radius 2 is 2.18 bits per heavy atom. The largest absolute Gasteiger partial charge is 0.505 e. The summed E-state index contributed by atoms with van der Waals surface area (Å²) < 4.78 is 18.1. The fourth-order valence-corrected chi connectivity index (χ4v) is 1.32. The average molecular weight is 268 g/mol. The first kappa shape index (κ1) is 8.58. The van der Waals surface area contributed by atoms with Gasteiger partial charge in [-0.05, 0) is 28.7 Å². The monoisotopic (exact) mass is 268 g/mol. The fraction of sp³-hybridized carbons (Fsp3) is 0.143. The second kappa shape index (κ2) is 3.25. The van der Waals surface area contributed by atoms with Crippen molar-refractivity contribution in [2.24, 2.45) is 0 Å².